The van der Waals surface area contributed by atoms with Gasteiger partial charge in [0.2, 0.25) is 0 Å². The molecule has 3 nitrogen and oxygen atoms in total. The van der Waals surface area contributed by atoms with Crippen molar-refractivity contribution in [3.05, 3.63) is 57.3 Å². The van der Waals surface area contributed by atoms with Gasteiger partial charge in [0, 0.05) is 5.02 Å². The normalized spacial score (nSPS) is 11.4. The molecule has 0 aromatic heterocycles. The van der Waals surface area contributed by atoms with Gasteiger partial charge >= 0.3 is 0 Å². The van der Waals surface area contributed by atoms with Crippen molar-refractivity contribution in [3.8, 4) is 0 Å². The fraction of sp³-hybridized carbons (Fsp3) is 0. The van der Waals surface area contributed by atoms with Gasteiger partial charge in [0.15, 0.2) is 0 Å². The molecule has 0 radical (unpaired) electrons. The lowest BCUT2D eigenvalue weighted by molar-refractivity contribution is 0.601. The Hall–Kier alpha value is -1.01. The zero-order valence-electron chi connectivity index (χ0n) is 9.70. The third kappa shape index (κ3) is 3.35. The first kappa shape index (κ1) is 15.4. The second kappa shape index (κ2) is 5.77. The number of nitrogens with one attached hydrogen (secondary N) is 1. The summed E-state index contributed by atoms with van der Waals surface area (Å²) in [5.74, 6) is -0.571. The number of benzene rings is 2. The zero-order chi connectivity index (χ0) is 14.9. The van der Waals surface area contributed by atoms with Crippen LogP contribution < -0.4 is 4.72 Å². The summed E-state index contributed by atoms with van der Waals surface area (Å²) in [4.78, 5) is -0.188. The minimum atomic E-state index is -3.98. The highest BCUT2D eigenvalue weighted by molar-refractivity contribution is 7.92. The largest absolute Gasteiger partial charge is 0.278 e. The van der Waals surface area contributed by atoms with E-state index in [9.17, 15) is 12.8 Å². The molecule has 2 rings (SSSR count). The summed E-state index contributed by atoms with van der Waals surface area (Å²) in [5.41, 5.74) is 0.0455. The molecule has 2 aromatic rings. The van der Waals surface area contributed by atoms with Gasteiger partial charge in [-0.2, -0.15) is 0 Å². The molecule has 0 unspecified atom stereocenters. The van der Waals surface area contributed by atoms with Crippen LogP contribution in [0.1, 0.15) is 0 Å². The van der Waals surface area contributed by atoms with Gasteiger partial charge in [0.05, 0.1) is 15.7 Å². The molecule has 0 saturated carbocycles. The Kier molecular flexibility index (Phi) is 4.44. The SMILES string of the molecule is O=S(=O)(Nc1ccc(F)cc1Cl)c1cc(Cl)ccc1Cl. The first-order valence-corrected chi connectivity index (χ1v) is 7.84. The number of sulfonamides is 1. The molecule has 106 valence electrons. The first-order chi connectivity index (χ1) is 9.29. The average Bonchev–Trinajstić information content (AvgIpc) is 2.35. The van der Waals surface area contributed by atoms with Crippen molar-refractivity contribution < 1.29 is 12.8 Å². The van der Waals surface area contributed by atoms with Gasteiger partial charge in [-0.1, -0.05) is 34.8 Å². The van der Waals surface area contributed by atoms with Gasteiger partial charge in [-0.3, -0.25) is 4.72 Å². The maximum absolute atomic E-state index is 12.9. The third-order valence-electron chi connectivity index (χ3n) is 2.36. The van der Waals surface area contributed by atoms with Gasteiger partial charge in [-0.25, -0.2) is 12.8 Å². The number of halogens is 4. The predicted octanol–water partition coefficient (Wildman–Crippen LogP) is 4.59. The molecule has 0 saturated heterocycles. The molecule has 0 atom stereocenters. The summed E-state index contributed by atoms with van der Waals surface area (Å²) >= 11 is 17.4. The zero-order valence-corrected chi connectivity index (χ0v) is 12.8. The highest BCUT2D eigenvalue weighted by Crippen LogP contribution is 2.29. The van der Waals surface area contributed by atoms with Gasteiger partial charge in [-0.15, -0.1) is 0 Å². The van der Waals surface area contributed by atoms with Crippen molar-refractivity contribution in [2.75, 3.05) is 4.72 Å². The molecule has 0 spiro atoms. The Morgan fingerprint density at radius 3 is 2.30 bits per heavy atom. The molecule has 0 heterocycles. The molecule has 0 aliphatic carbocycles. The fourth-order valence-electron chi connectivity index (χ4n) is 1.46. The second-order valence-corrected chi connectivity index (χ2v) is 6.71. The van der Waals surface area contributed by atoms with E-state index in [1.54, 1.807) is 0 Å². The van der Waals surface area contributed by atoms with E-state index in [1.165, 1.54) is 24.3 Å². The lowest BCUT2D eigenvalue weighted by Gasteiger charge is -2.11. The van der Waals surface area contributed by atoms with Crippen molar-refractivity contribution in [1.82, 2.24) is 0 Å². The second-order valence-electron chi connectivity index (χ2n) is 3.80. The van der Waals surface area contributed by atoms with Gasteiger partial charge in [-0.05, 0) is 36.4 Å². The molecular formula is C12H7Cl3FNO2S. The van der Waals surface area contributed by atoms with Crippen LogP contribution in [-0.2, 0) is 10.0 Å². The van der Waals surface area contributed by atoms with E-state index in [4.69, 9.17) is 34.8 Å². The molecule has 0 fully saturated rings. The Balaban J connectivity index is 2.43. The lowest BCUT2D eigenvalue weighted by atomic mass is 10.3. The number of hydrogen-bond donors (Lipinski definition) is 1. The Labute approximate surface area is 130 Å². The molecular weight excluding hydrogens is 348 g/mol. The first-order valence-electron chi connectivity index (χ1n) is 5.22. The summed E-state index contributed by atoms with van der Waals surface area (Å²) < 4.78 is 39.6. The van der Waals surface area contributed by atoms with E-state index in [0.717, 1.165) is 12.1 Å². The van der Waals surface area contributed by atoms with E-state index in [-0.39, 0.29) is 25.7 Å². The van der Waals surface area contributed by atoms with E-state index in [2.05, 4.69) is 4.72 Å². The number of rotatable bonds is 3. The lowest BCUT2D eigenvalue weighted by Crippen LogP contribution is -2.13. The highest BCUT2D eigenvalue weighted by Gasteiger charge is 2.19. The Morgan fingerprint density at radius 1 is 0.950 bits per heavy atom. The molecule has 0 bridgehead atoms. The topological polar surface area (TPSA) is 46.2 Å². The minimum absolute atomic E-state index is 0.0140. The van der Waals surface area contributed by atoms with Crippen LogP contribution in [0.25, 0.3) is 0 Å². The summed E-state index contributed by atoms with van der Waals surface area (Å²) in [5, 5.41) is 0.173. The summed E-state index contributed by atoms with van der Waals surface area (Å²) in [6, 6.07) is 7.35. The van der Waals surface area contributed by atoms with E-state index >= 15 is 0 Å². The van der Waals surface area contributed by atoms with Crippen molar-refractivity contribution in [2.24, 2.45) is 0 Å². The molecule has 1 N–H and O–H groups in total. The summed E-state index contributed by atoms with van der Waals surface area (Å²) in [6.07, 6.45) is 0. The quantitative estimate of drug-likeness (QED) is 0.876. The van der Waals surface area contributed by atoms with Crippen LogP contribution in [0.3, 0.4) is 0 Å². The predicted molar refractivity (Wildman–Crippen MR) is 78.7 cm³/mol. The molecule has 2 aromatic carbocycles. The van der Waals surface area contributed by atoms with Gasteiger partial charge in [0.25, 0.3) is 10.0 Å². The van der Waals surface area contributed by atoms with Crippen LogP contribution in [0.15, 0.2) is 41.3 Å². The van der Waals surface area contributed by atoms with Crippen molar-refractivity contribution >= 4 is 50.5 Å². The maximum atomic E-state index is 12.9. The van der Waals surface area contributed by atoms with Gasteiger partial charge < -0.3 is 0 Å². The van der Waals surface area contributed by atoms with Crippen LogP contribution >= 0.6 is 34.8 Å². The molecule has 20 heavy (non-hydrogen) atoms. The maximum Gasteiger partial charge on any atom is 0.263 e. The fourth-order valence-corrected chi connectivity index (χ4v) is 3.57. The van der Waals surface area contributed by atoms with Crippen LogP contribution in [0.2, 0.25) is 15.1 Å². The highest BCUT2D eigenvalue weighted by atomic mass is 35.5. The van der Waals surface area contributed by atoms with Crippen molar-refractivity contribution in [2.45, 2.75) is 4.90 Å². The number of hydrogen-bond acceptors (Lipinski definition) is 2. The average molecular weight is 355 g/mol. The molecule has 0 amide bonds. The van der Waals surface area contributed by atoms with Crippen LogP contribution in [0.4, 0.5) is 10.1 Å². The molecule has 0 aliphatic heterocycles. The monoisotopic (exact) mass is 353 g/mol. The van der Waals surface area contributed by atoms with E-state index in [1.807, 2.05) is 0 Å². The van der Waals surface area contributed by atoms with Crippen LogP contribution in [-0.4, -0.2) is 8.42 Å². The van der Waals surface area contributed by atoms with E-state index in [0.29, 0.717) is 0 Å². The third-order valence-corrected chi connectivity index (χ3v) is 4.75. The van der Waals surface area contributed by atoms with Crippen molar-refractivity contribution in [3.63, 3.8) is 0 Å². The van der Waals surface area contributed by atoms with Crippen LogP contribution in [0, 0.1) is 5.82 Å². The summed E-state index contributed by atoms with van der Waals surface area (Å²) in [7, 11) is -3.98. The smallest absolute Gasteiger partial charge is 0.263 e. The Bertz CT molecular complexity index is 765. The standard InChI is InChI=1S/C12H7Cl3FNO2S/c13-7-1-3-9(14)12(5-7)20(18,19)17-11-4-2-8(16)6-10(11)15/h1-6,17H. The summed E-state index contributed by atoms with van der Waals surface area (Å²) in [6.45, 7) is 0. The Morgan fingerprint density at radius 2 is 1.65 bits per heavy atom. The van der Waals surface area contributed by atoms with Crippen LogP contribution in [0.5, 0.6) is 0 Å². The van der Waals surface area contributed by atoms with Crippen molar-refractivity contribution in [1.29, 1.82) is 0 Å². The minimum Gasteiger partial charge on any atom is -0.278 e. The van der Waals surface area contributed by atoms with Gasteiger partial charge in [0.1, 0.15) is 10.7 Å². The molecule has 0 aliphatic rings. The van der Waals surface area contributed by atoms with E-state index < -0.39 is 15.8 Å². The number of anilines is 1. The molecule has 8 heteroatoms.